The highest BCUT2D eigenvalue weighted by atomic mass is 16.3. The Morgan fingerprint density at radius 2 is 1.90 bits per heavy atom. The van der Waals surface area contributed by atoms with E-state index in [1.165, 1.54) is 0 Å². The van der Waals surface area contributed by atoms with Crippen LogP contribution in [0.1, 0.15) is 27.0 Å². The quantitative estimate of drug-likeness (QED) is 0.744. The van der Waals surface area contributed by atoms with Crippen molar-refractivity contribution in [3.05, 3.63) is 64.7 Å². The first-order chi connectivity index (χ1) is 9.61. The van der Waals surface area contributed by atoms with Gasteiger partial charge in [-0.05, 0) is 29.7 Å². The Kier molecular flexibility index (Phi) is 4.38. The molecule has 0 fully saturated rings. The van der Waals surface area contributed by atoms with Gasteiger partial charge in [0.2, 0.25) is 0 Å². The minimum Gasteiger partial charge on any atom is -0.398 e. The zero-order valence-corrected chi connectivity index (χ0v) is 11.4. The molecule has 0 radical (unpaired) electrons. The summed E-state index contributed by atoms with van der Waals surface area (Å²) < 4.78 is 0. The first-order valence-electron chi connectivity index (χ1n) is 6.44. The molecule has 0 saturated carbocycles. The van der Waals surface area contributed by atoms with Crippen molar-refractivity contribution in [1.82, 2.24) is 5.32 Å². The summed E-state index contributed by atoms with van der Waals surface area (Å²) in [5.74, 6) is -0.185. The number of amides is 1. The Morgan fingerprint density at radius 1 is 1.20 bits per heavy atom. The molecule has 0 aliphatic heterocycles. The lowest BCUT2D eigenvalue weighted by molar-refractivity contribution is 0.0951. The molecule has 0 aliphatic carbocycles. The lowest BCUT2D eigenvalue weighted by atomic mass is 10.1. The summed E-state index contributed by atoms with van der Waals surface area (Å²) in [4.78, 5) is 12.2. The first-order valence-corrected chi connectivity index (χ1v) is 6.44. The van der Waals surface area contributed by atoms with Crippen LogP contribution in [-0.4, -0.2) is 11.0 Å². The molecule has 4 N–H and O–H groups in total. The molecular formula is C16H18N2O2. The second kappa shape index (κ2) is 6.21. The Balaban J connectivity index is 2.09. The van der Waals surface area contributed by atoms with Gasteiger partial charge in [-0.15, -0.1) is 0 Å². The lowest BCUT2D eigenvalue weighted by Gasteiger charge is -2.10. The molecule has 0 heterocycles. The standard InChI is InChI=1S/C16H18N2O2/c1-11-4-2-7-14(17)15(11)16(20)18-9-12-5-3-6-13(8-12)10-19/h2-8,19H,9-10,17H2,1H3,(H,18,20). The van der Waals surface area contributed by atoms with Crippen molar-refractivity contribution in [3.63, 3.8) is 0 Å². The zero-order valence-electron chi connectivity index (χ0n) is 11.4. The van der Waals surface area contributed by atoms with Crippen molar-refractivity contribution >= 4 is 11.6 Å². The number of rotatable bonds is 4. The molecular weight excluding hydrogens is 252 g/mol. The fourth-order valence-electron chi connectivity index (χ4n) is 2.11. The molecule has 1 amide bonds. The van der Waals surface area contributed by atoms with Crippen molar-refractivity contribution in [2.45, 2.75) is 20.1 Å². The number of aryl methyl sites for hydroxylation is 1. The number of aliphatic hydroxyl groups is 1. The molecule has 104 valence electrons. The van der Waals surface area contributed by atoms with E-state index in [0.29, 0.717) is 17.8 Å². The number of anilines is 1. The van der Waals surface area contributed by atoms with Crippen LogP contribution in [0.4, 0.5) is 5.69 Å². The van der Waals surface area contributed by atoms with Crippen LogP contribution in [0.15, 0.2) is 42.5 Å². The molecule has 2 rings (SSSR count). The van der Waals surface area contributed by atoms with Gasteiger partial charge in [-0.25, -0.2) is 0 Å². The maximum atomic E-state index is 12.2. The molecule has 0 spiro atoms. The van der Waals surface area contributed by atoms with Gasteiger partial charge in [0, 0.05) is 12.2 Å². The van der Waals surface area contributed by atoms with Gasteiger partial charge in [-0.3, -0.25) is 4.79 Å². The van der Waals surface area contributed by atoms with Gasteiger partial charge in [-0.1, -0.05) is 36.4 Å². The van der Waals surface area contributed by atoms with Crippen LogP contribution in [0.5, 0.6) is 0 Å². The molecule has 4 heteroatoms. The molecule has 20 heavy (non-hydrogen) atoms. The van der Waals surface area contributed by atoms with Crippen LogP contribution in [-0.2, 0) is 13.2 Å². The SMILES string of the molecule is Cc1cccc(N)c1C(=O)NCc1cccc(CO)c1. The van der Waals surface area contributed by atoms with Gasteiger partial charge >= 0.3 is 0 Å². The summed E-state index contributed by atoms with van der Waals surface area (Å²) in [7, 11) is 0. The van der Waals surface area contributed by atoms with E-state index < -0.39 is 0 Å². The number of nitrogen functional groups attached to an aromatic ring is 1. The molecule has 0 unspecified atom stereocenters. The lowest BCUT2D eigenvalue weighted by Crippen LogP contribution is -2.24. The summed E-state index contributed by atoms with van der Waals surface area (Å²) in [6.45, 7) is 2.25. The zero-order chi connectivity index (χ0) is 14.5. The summed E-state index contributed by atoms with van der Waals surface area (Å²) >= 11 is 0. The number of carbonyl (C=O) groups is 1. The molecule has 0 aliphatic rings. The average molecular weight is 270 g/mol. The summed E-state index contributed by atoms with van der Waals surface area (Å²) in [6.07, 6.45) is 0. The van der Waals surface area contributed by atoms with Crippen molar-refractivity contribution in [1.29, 1.82) is 0 Å². The molecule has 0 aromatic heterocycles. The molecule has 0 atom stereocenters. The van der Waals surface area contributed by atoms with Crippen LogP contribution in [0.3, 0.4) is 0 Å². The van der Waals surface area contributed by atoms with Gasteiger partial charge in [-0.2, -0.15) is 0 Å². The van der Waals surface area contributed by atoms with Gasteiger partial charge in [0.1, 0.15) is 0 Å². The van der Waals surface area contributed by atoms with E-state index in [1.54, 1.807) is 6.07 Å². The number of carbonyl (C=O) groups excluding carboxylic acids is 1. The van der Waals surface area contributed by atoms with E-state index in [0.717, 1.165) is 16.7 Å². The second-order valence-electron chi connectivity index (χ2n) is 4.70. The van der Waals surface area contributed by atoms with Crippen molar-refractivity contribution in [2.24, 2.45) is 0 Å². The maximum absolute atomic E-state index is 12.2. The van der Waals surface area contributed by atoms with Gasteiger partial charge in [0.15, 0.2) is 0 Å². The number of nitrogens with two attached hydrogens (primary N) is 1. The van der Waals surface area contributed by atoms with Crippen LogP contribution in [0, 0.1) is 6.92 Å². The molecule has 2 aromatic carbocycles. The highest BCUT2D eigenvalue weighted by molar-refractivity contribution is 6.00. The van der Waals surface area contributed by atoms with E-state index in [-0.39, 0.29) is 12.5 Å². The number of aliphatic hydroxyl groups excluding tert-OH is 1. The minimum atomic E-state index is -0.185. The Morgan fingerprint density at radius 3 is 2.60 bits per heavy atom. The Bertz CT molecular complexity index is 603. The van der Waals surface area contributed by atoms with Crippen LogP contribution >= 0.6 is 0 Å². The Hall–Kier alpha value is -2.33. The van der Waals surface area contributed by atoms with Gasteiger partial charge in [0.05, 0.1) is 12.2 Å². The summed E-state index contributed by atoms with van der Waals surface area (Å²) in [6, 6.07) is 12.9. The van der Waals surface area contributed by atoms with E-state index in [2.05, 4.69) is 5.32 Å². The third-order valence-corrected chi connectivity index (χ3v) is 3.16. The maximum Gasteiger partial charge on any atom is 0.253 e. The topological polar surface area (TPSA) is 75.4 Å². The third kappa shape index (κ3) is 3.16. The number of benzene rings is 2. The first kappa shape index (κ1) is 14.1. The predicted octanol–water partition coefficient (Wildman–Crippen LogP) is 2.00. The second-order valence-corrected chi connectivity index (χ2v) is 4.70. The van der Waals surface area contributed by atoms with E-state index in [9.17, 15) is 4.79 Å². The highest BCUT2D eigenvalue weighted by Gasteiger charge is 2.11. The fourth-order valence-corrected chi connectivity index (χ4v) is 2.11. The van der Waals surface area contributed by atoms with Crippen molar-refractivity contribution in [3.8, 4) is 0 Å². The van der Waals surface area contributed by atoms with Crippen LogP contribution in [0.25, 0.3) is 0 Å². The van der Waals surface area contributed by atoms with Crippen LogP contribution in [0.2, 0.25) is 0 Å². The van der Waals surface area contributed by atoms with E-state index >= 15 is 0 Å². The molecule has 2 aromatic rings. The van der Waals surface area contributed by atoms with Crippen molar-refractivity contribution in [2.75, 3.05) is 5.73 Å². The smallest absolute Gasteiger partial charge is 0.253 e. The van der Waals surface area contributed by atoms with Crippen molar-refractivity contribution < 1.29 is 9.90 Å². The Labute approximate surface area is 118 Å². The van der Waals surface area contributed by atoms with Gasteiger partial charge in [0.25, 0.3) is 5.91 Å². The van der Waals surface area contributed by atoms with E-state index in [4.69, 9.17) is 10.8 Å². The molecule has 4 nitrogen and oxygen atoms in total. The third-order valence-electron chi connectivity index (χ3n) is 3.16. The summed E-state index contributed by atoms with van der Waals surface area (Å²) in [5, 5.41) is 11.9. The molecule has 0 bridgehead atoms. The average Bonchev–Trinajstić information content (AvgIpc) is 2.45. The highest BCUT2D eigenvalue weighted by Crippen LogP contribution is 2.16. The van der Waals surface area contributed by atoms with Crippen LogP contribution < -0.4 is 11.1 Å². The minimum absolute atomic E-state index is 0.00741. The summed E-state index contributed by atoms with van der Waals surface area (Å²) in [5.41, 5.74) is 9.46. The number of nitrogens with one attached hydrogen (secondary N) is 1. The largest absolute Gasteiger partial charge is 0.398 e. The molecule has 0 saturated heterocycles. The van der Waals surface area contributed by atoms with Gasteiger partial charge < -0.3 is 16.2 Å². The monoisotopic (exact) mass is 270 g/mol. The normalized spacial score (nSPS) is 10.3. The predicted molar refractivity (Wildman–Crippen MR) is 79.1 cm³/mol. The number of hydrogen-bond donors (Lipinski definition) is 3. The number of hydrogen-bond acceptors (Lipinski definition) is 3. The fraction of sp³-hybridized carbons (Fsp3) is 0.188. The van der Waals surface area contributed by atoms with E-state index in [1.807, 2.05) is 43.3 Å².